The SMILES string of the molecule is COC(=O)C(C)(C)CNCc1cccc(I)c1. The van der Waals surface area contributed by atoms with E-state index in [1.54, 1.807) is 0 Å². The quantitative estimate of drug-likeness (QED) is 0.657. The van der Waals surface area contributed by atoms with E-state index >= 15 is 0 Å². The summed E-state index contributed by atoms with van der Waals surface area (Å²) < 4.78 is 5.97. The average molecular weight is 347 g/mol. The number of esters is 1. The summed E-state index contributed by atoms with van der Waals surface area (Å²) in [7, 11) is 1.42. The highest BCUT2D eigenvalue weighted by Crippen LogP contribution is 2.15. The van der Waals surface area contributed by atoms with Crippen LogP contribution in [0.15, 0.2) is 24.3 Å². The maximum atomic E-state index is 11.5. The minimum absolute atomic E-state index is 0.187. The van der Waals surface area contributed by atoms with Crippen LogP contribution in [0.2, 0.25) is 0 Å². The number of hydrogen-bond acceptors (Lipinski definition) is 3. The van der Waals surface area contributed by atoms with Gasteiger partial charge in [0.05, 0.1) is 12.5 Å². The summed E-state index contributed by atoms with van der Waals surface area (Å²) in [5.41, 5.74) is 0.731. The molecular weight excluding hydrogens is 329 g/mol. The van der Waals surface area contributed by atoms with Crippen molar-refractivity contribution in [3.05, 3.63) is 33.4 Å². The number of ether oxygens (including phenoxy) is 1. The van der Waals surface area contributed by atoms with Gasteiger partial charge in [-0.3, -0.25) is 4.79 Å². The van der Waals surface area contributed by atoms with Gasteiger partial charge in [-0.1, -0.05) is 12.1 Å². The normalized spacial score (nSPS) is 11.3. The molecule has 0 spiro atoms. The molecule has 0 bridgehead atoms. The fourth-order valence-electron chi connectivity index (χ4n) is 1.51. The first kappa shape index (κ1) is 14.4. The maximum Gasteiger partial charge on any atom is 0.312 e. The van der Waals surface area contributed by atoms with Gasteiger partial charge in [0.1, 0.15) is 0 Å². The molecule has 17 heavy (non-hydrogen) atoms. The first-order chi connectivity index (χ1) is 7.95. The summed E-state index contributed by atoms with van der Waals surface area (Å²) >= 11 is 2.29. The third kappa shape index (κ3) is 4.63. The minimum Gasteiger partial charge on any atom is -0.469 e. The predicted octanol–water partition coefficient (Wildman–Crippen LogP) is 2.58. The second-order valence-electron chi connectivity index (χ2n) is 4.61. The molecule has 0 radical (unpaired) electrons. The van der Waals surface area contributed by atoms with Crippen molar-refractivity contribution in [2.24, 2.45) is 5.41 Å². The van der Waals surface area contributed by atoms with Crippen molar-refractivity contribution in [2.45, 2.75) is 20.4 Å². The highest BCUT2D eigenvalue weighted by Gasteiger charge is 2.27. The van der Waals surface area contributed by atoms with Crippen LogP contribution in [-0.4, -0.2) is 19.6 Å². The molecule has 0 aliphatic heterocycles. The van der Waals surface area contributed by atoms with Crippen molar-refractivity contribution >= 4 is 28.6 Å². The van der Waals surface area contributed by atoms with Gasteiger partial charge >= 0.3 is 5.97 Å². The number of benzene rings is 1. The summed E-state index contributed by atoms with van der Waals surface area (Å²) in [6, 6.07) is 8.28. The molecule has 0 aliphatic carbocycles. The van der Waals surface area contributed by atoms with Gasteiger partial charge in [0.2, 0.25) is 0 Å². The third-order valence-corrected chi connectivity index (χ3v) is 3.19. The first-order valence-electron chi connectivity index (χ1n) is 5.49. The number of nitrogens with one attached hydrogen (secondary N) is 1. The highest BCUT2D eigenvalue weighted by molar-refractivity contribution is 14.1. The molecule has 0 saturated heterocycles. The third-order valence-electron chi connectivity index (χ3n) is 2.52. The smallest absolute Gasteiger partial charge is 0.312 e. The van der Waals surface area contributed by atoms with E-state index in [2.05, 4.69) is 46.1 Å². The molecule has 1 aromatic rings. The standard InChI is InChI=1S/C13H18INO2/c1-13(2,12(16)17-3)9-15-8-10-5-4-6-11(14)7-10/h4-7,15H,8-9H2,1-3H3. The van der Waals surface area contributed by atoms with Crippen molar-refractivity contribution in [2.75, 3.05) is 13.7 Å². The van der Waals surface area contributed by atoms with Crippen LogP contribution < -0.4 is 5.32 Å². The molecule has 0 fully saturated rings. The number of halogens is 1. The van der Waals surface area contributed by atoms with E-state index in [4.69, 9.17) is 4.74 Å². The fraction of sp³-hybridized carbons (Fsp3) is 0.462. The van der Waals surface area contributed by atoms with Crippen molar-refractivity contribution in [1.29, 1.82) is 0 Å². The van der Waals surface area contributed by atoms with Gasteiger partial charge in [0, 0.05) is 16.7 Å². The molecule has 94 valence electrons. The van der Waals surface area contributed by atoms with Gasteiger partial charge in [-0.05, 0) is 54.1 Å². The Morgan fingerprint density at radius 1 is 1.47 bits per heavy atom. The number of carbonyl (C=O) groups excluding carboxylic acids is 1. The van der Waals surface area contributed by atoms with Crippen molar-refractivity contribution in [3.8, 4) is 0 Å². The van der Waals surface area contributed by atoms with Crippen molar-refractivity contribution < 1.29 is 9.53 Å². The first-order valence-corrected chi connectivity index (χ1v) is 6.57. The van der Waals surface area contributed by atoms with Gasteiger partial charge in [-0.15, -0.1) is 0 Å². The lowest BCUT2D eigenvalue weighted by Gasteiger charge is -2.21. The van der Waals surface area contributed by atoms with Gasteiger partial charge in [0.25, 0.3) is 0 Å². The number of carbonyl (C=O) groups is 1. The van der Waals surface area contributed by atoms with Crippen LogP contribution in [0.5, 0.6) is 0 Å². The molecule has 1 rings (SSSR count). The van der Waals surface area contributed by atoms with Crippen LogP contribution in [0, 0.1) is 8.99 Å². The summed E-state index contributed by atoms with van der Waals surface area (Å²) in [6.07, 6.45) is 0. The molecule has 4 heteroatoms. The molecule has 0 unspecified atom stereocenters. The second-order valence-corrected chi connectivity index (χ2v) is 5.85. The van der Waals surface area contributed by atoms with Gasteiger partial charge < -0.3 is 10.1 Å². The number of methoxy groups -OCH3 is 1. The number of rotatable bonds is 5. The fourth-order valence-corrected chi connectivity index (χ4v) is 2.12. The predicted molar refractivity (Wildman–Crippen MR) is 76.7 cm³/mol. The molecule has 1 N–H and O–H groups in total. The second kappa shape index (κ2) is 6.35. The lowest BCUT2D eigenvalue weighted by Crippen LogP contribution is -2.36. The Hall–Kier alpha value is -0.620. The van der Waals surface area contributed by atoms with E-state index < -0.39 is 5.41 Å². The molecule has 0 saturated carbocycles. The molecule has 0 amide bonds. The van der Waals surface area contributed by atoms with E-state index in [0.717, 1.165) is 6.54 Å². The van der Waals surface area contributed by atoms with Crippen molar-refractivity contribution in [1.82, 2.24) is 5.32 Å². The Morgan fingerprint density at radius 2 is 2.18 bits per heavy atom. The molecule has 0 aromatic heterocycles. The van der Waals surface area contributed by atoms with Crippen LogP contribution in [0.3, 0.4) is 0 Å². The van der Waals surface area contributed by atoms with E-state index in [0.29, 0.717) is 6.54 Å². The zero-order valence-electron chi connectivity index (χ0n) is 10.4. The summed E-state index contributed by atoms with van der Waals surface area (Å²) in [5.74, 6) is -0.187. The van der Waals surface area contributed by atoms with Crippen LogP contribution >= 0.6 is 22.6 Å². The summed E-state index contributed by atoms with van der Waals surface area (Å²) in [6.45, 7) is 5.11. The maximum absolute atomic E-state index is 11.5. The van der Waals surface area contributed by atoms with E-state index in [9.17, 15) is 4.79 Å². The Labute approximate surface area is 116 Å². The largest absolute Gasteiger partial charge is 0.469 e. The van der Waals surface area contributed by atoms with Crippen LogP contribution in [0.4, 0.5) is 0 Å². The molecular formula is C13H18INO2. The number of hydrogen-bond donors (Lipinski definition) is 1. The zero-order chi connectivity index (χ0) is 12.9. The van der Waals surface area contributed by atoms with Gasteiger partial charge in [-0.2, -0.15) is 0 Å². The van der Waals surface area contributed by atoms with Gasteiger partial charge in [0.15, 0.2) is 0 Å². The highest BCUT2D eigenvalue weighted by atomic mass is 127. The van der Waals surface area contributed by atoms with Crippen LogP contribution in [0.25, 0.3) is 0 Å². The lowest BCUT2D eigenvalue weighted by atomic mass is 9.94. The average Bonchev–Trinajstić information content (AvgIpc) is 2.27. The molecule has 0 heterocycles. The zero-order valence-corrected chi connectivity index (χ0v) is 12.6. The van der Waals surface area contributed by atoms with E-state index in [-0.39, 0.29) is 5.97 Å². The van der Waals surface area contributed by atoms with Gasteiger partial charge in [-0.25, -0.2) is 0 Å². The summed E-state index contributed by atoms with van der Waals surface area (Å²) in [4.78, 5) is 11.5. The molecule has 3 nitrogen and oxygen atoms in total. The van der Waals surface area contributed by atoms with E-state index in [1.165, 1.54) is 16.2 Å². The molecule has 0 aliphatic rings. The minimum atomic E-state index is -0.489. The Morgan fingerprint density at radius 3 is 2.76 bits per heavy atom. The van der Waals surface area contributed by atoms with E-state index in [1.807, 2.05) is 19.9 Å². The summed E-state index contributed by atoms with van der Waals surface area (Å²) in [5, 5.41) is 3.28. The lowest BCUT2D eigenvalue weighted by molar-refractivity contribution is -0.150. The monoisotopic (exact) mass is 347 g/mol. The van der Waals surface area contributed by atoms with Crippen molar-refractivity contribution in [3.63, 3.8) is 0 Å². The Balaban J connectivity index is 2.45. The Kier molecular flexibility index (Phi) is 5.39. The van der Waals surface area contributed by atoms with Crippen LogP contribution in [0.1, 0.15) is 19.4 Å². The Bertz CT molecular complexity index is 391. The van der Waals surface area contributed by atoms with Crippen LogP contribution in [-0.2, 0) is 16.1 Å². The molecule has 0 atom stereocenters. The topological polar surface area (TPSA) is 38.3 Å². The molecule has 1 aromatic carbocycles.